The Morgan fingerprint density at radius 3 is 2.70 bits per heavy atom. The van der Waals surface area contributed by atoms with E-state index >= 15 is 0 Å². The van der Waals surface area contributed by atoms with Gasteiger partial charge in [0.1, 0.15) is 11.7 Å². The lowest BCUT2D eigenvalue weighted by atomic mass is 10.0. The minimum absolute atomic E-state index is 0.136. The Labute approximate surface area is 72.1 Å². The summed E-state index contributed by atoms with van der Waals surface area (Å²) >= 11 is 1.69. The molecule has 0 radical (unpaired) electrons. The third-order valence-electron chi connectivity index (χ3n) is 1.50. The molecule has 0 fully saturated rings. The number of halogens is 3. The Hall–Kier alpha value is 0.0700. The predicted octanol–water partition coefficient (Wildman–Crippen LogP) is 3.50. The summed E-state index contributed by atoms with van der Waals surface area (Å²) in [7, 11) is 0. The van der Waals surface area contributed by atoms with Crippen LogP contribution in [0, 0.1) is 5.92 Å². The summed E-state index contributed by atoms with van der Waals surface area (Å²) in [6.45, 7) is 1.75. The van der Waals surface area contributed by atoms with Crippen molar-refractivity contribution in [2.75, 3.05) is 0 Å². The van der Waals surface area contributed by atoms with E-state index in [0.29, 0.717) is 6.42 Å². The quantitative estimate of drug-likeness (QED) is 0.582. The van der Waals surface area contributed by atoms with Gasteiger partial charge >= 0.3 is 0 Å². The number of rotatable bonds is 0. The molecule has 56 valence electrons. The van der Waals surface area contributed by atoms with Crippen LogP contribution in [-0.2, 0) is 0 Å². The predicted molar refractivity (Wildman–Crippen MR) is 45.1 cm³/mol. The maximum Gasteiger partial charge on any atom is 0.135 e. The molecule has 0 aliphatic heterocycles. The van der Waals surface area contributed by atoms with Gasteiger partial charge in [-0.25, -0.2) is 8.78 Å². The topological polar surface area (TPSA) is 0 Å². The Morgan fingerprint density at radius 1 is 1.60 bits per heavy atom. The van der Waals surface area contributed by atoms with Gasteiger partial charge < -0.3 is 0 Å². The van der Waals surface area contributed by atoms with Crippen molar-refractivity contribution in [2.24, 2.45) is 5.92 Å². The molecule has 0 saturated heterocycles. The summed E-state index contributed by atoms with van der Waals surface area (Å²) in [5.74, 6) is -0.886. The summed E-state index contributed by atoms with van der Waals surface area (Å²) < 4.78 is 25.5. The van der Waals surface area contributed by atoms with Gasteiger partial charge in [0, 0.05) is 5.92 Å². The fourth-order valence-electron chi connectivity index (χ4n) is 0.804. The molecule has 0 aromatic heterocycles. The molecule has 0 aromatic rings. The van der Waals surface area contributed by atoms with Crippen LogP contribution in [0.4, 0.5) is 8.78 Å². The number of hydrogen-bond donors (Lipinski definition) is 0. The normalized spacial score (nSPS) is 26.8. The fraction of sp³-hybridized carbons (Fsp3) is 0.429. The second kappa shape index (κ2) is 2.98. The zero-order valence-electron chi connectivity index (χ0n) is 5.50. The molecule has 1 unspecified atom stereocenters. The summed E-state index contributed by atoms with van der Waals surface area (Å²) in [5, 5.41) is 0. The largest absolute Gasteiger partial charge is 0.210 e. The highest BCUT2D eigenvalue weighted by molar-refractivity contribution is 14.1. The lowest BCUT2D eigenvalue weighted by Gasteiger charge is -2.12. The Morgan fingerprint density at radius 2 is 2.20 bits per heavy atom. The molecule has 0 nitrogen and oxygen atoms in total. The maximum absolute atomic E-state index is 12.8. The van der Waals surface area contributed by atoms with Crippen LogP contribution >= 0.6 is 22.6 Å². The van der Waals surface area contributed by atoms with Gasteiger partial charge in [-0.1, -0.05) is 6.92 Å². The van der Waals surface area contributed by atoms with E-state index < -0.39 is 5.83 Å². The Bertz CT molecular complexity index is 206. The van der Waals surface area contributed by atoms with E-state index in [4.69, 9.17) is 0 Å². The zero-order chi connectivity index (χ0) is 7.72. The first kappa shape index (κ1) is 8.17. The smallest absolute Gasteiger partial charge is 0.135 e. The summed E-state index contributed by atoms with van der Waals surface area (Å²) in [4.78, 5) is 0. The van der Waals surface area contributed by atoms with E-state index in [2.05, 4.69) is 0 Å². The van der Waals surface area contributed by atoms with Crippen LogP contribution in [0.3, 0.4) is 0 Å². The van der Waals surface area contributed by atoms with Crippen LogP contribution < -0.4 is 0 Å². The Kier molecular flexibility index (Phi) is 2.44. The second-order valence-electron chi connectivity index (χ2n) is 2.35. The van der Waals surface area contributed by atoms with Gasteiger partial charge in [0.15, 0.2) is 0 Å². The fourth-order valence-corrected chi connectivity index (χ4v) is 1.56. The van der Waals surface area contributed by atoms with Crippen LogP contribution in [-0.4, -0.2) is 0 Å². The lowest BCUT2D eigenvalue weighted by molar-refractivity contribution is 0.472. The molecule has 0 spiro atoms. The van der Waals surface area contributed by atoms with Gasteiger partial charge in [0.05, 0.1) is 3.58 Å². The van der Waals surface area contributed by atoms with Gasteiger partial charge in [-0.3, -0.25) is 0 Å². The van der Waals surface area contributed by atoms with Gasteiger partial charge in [-0.05, 0) is 35.1 Å². The third-order valence-corrected chi connectivity index (χ3v) is 2.53. The first-order valence-corrected chi connectivity index (χ1v) is 4.12. The third kappa shape index (κ3) is 1.38. The van der Waals surface area contributed by atoms with Crippen molar-refractivity contribution in [3.05, 3.63) is 21.3 Å². The summed E-state index contributed by atoms with van der Waals surface area (Å²) in [5.41, 5.74) is 0. The second-order valence-corrected chi connectivity index (χ2v) is 3.43. The van der Waals surface area contributed by atoms with Gasteiger partial charge in [0.25, 0.3) is 0 Å². The van der Waals surface area contributed by atoms with Gasteiger partial charge in [-0.2, -0.15) is 0 Å². The van der Waals surface area contributed by atoms with Gasteiger partial charge in [-0.15, -0.1) is 0 Å². The van der Waals surface area contributed by atoms with E-state index in [1.54, 1.807) is 29.5 Å². The minimum Gasteiger partial charge on any atom is -0.210 e. The molecule has 1 atom stereocenters. The molecule has 0 heterocycles. The van der Waals surface area contributed by atoms with Crippen molar-refractivity contribution in [1.82, 2.24) is 0 Å². The van der Waals surface area contributed by atoms with Crippen molar-refractivity contribution in [1.29, 1.82) is 0 Å². The van der Waals surface area contributed by atoms with Crippen LogP contribution in [0.25, 0.3) is 0 Å². The summed E-state index contributed by atoms with van der Waals surface area (Å²) in [6.07, 6.45) is 1.90. The van der Waals surface area contributed by atoms with Crippen LogP contribution in [0.15, 0.2) is 21.3 Å². The minimum atomic E-state index is -0.420. The van der Waals surface area contributed by atoms with Crippen LogP contribution in [0.1, 0.15) is 13.3 Å². The van der Waals surface area contributed by atoms with E-state index in [1.807, 2.05) is 0 Å². The van der Waals surface area contributed by atoms with Crippen molar-refractivity contribution in [2.45, 2.75) is 13.3 Å². The highest BCUT2D eigenvalue weighted by Crippen LogP contribution is 2.34. The average molecular weight is 256 g/mol. The molecule has 0 aromatic carbocycles. The van der Waals surface area contributed by atoms with Crippen molar-refractivity contribution in [3.8, 4) is 0 Å². The molecular formula is C7H7F2I. The van der Waals surface area contributed by atoms with E-state index in [1.165, 1.54) is 6.08 Å². The molecular weight excluding hydrogens is 249 g/mol. The lowest BCUT2D eigenvalue weighted by Crippen LogP contribution is -2.00. The first-order valence-electron chi connectivity index (χ1n) is 3.04. The maximum atomic E-state index is 12.8. The van der Waals surface area contributed by atoms with E-state index in [9.17, 15) is 8.78 Å². The van der Waals surface area contributed by atoms with E-state index in [0.717, 1.165) is 0 Å². The molecule has 0 saturated carbocycles. The molecule has 10 heavy (non-hydrogen) atoms. The van der Waals surface area contributed by atoms with Crippen LogP contribution in [0.5, 0.6) is 0 Å². The molecule has 1 aliphatic rings. The van der Waals surface area contributed by atoms with Crippen molar-refractivity contribution < 1.29 is 8.78 Å². The molecule has 0 bridgehead atoms. The molecule has 1 aliphatic carbocycles. The van der Waals surface area contributed by atoms with Crippen LogP contribution in [0.2, 0.25) is 0 Å². The first-order chi connectivity index (χ1) is 4.63. The van der Waals surface area contributed by atoms with E-state index in [-0.39, 0.29) is 15.3 Å². The summed E-state index contributed by atoms with van der Waals surface area (Å²) in [6, 6.07) is 0. The standard InChI is InChI=1S/C7H7F2I/c1-4-2-3-5(8)7(10)6(4)9/h3-4H,2H2,1H3. The molecule has 0 N–H and O–H groups in total. The average Bonchev–Trinajstić information content (AvgIpc) is 1.93. The van der Waals surface area contributed by atoms with Crippen molar-refractivity contribution >= 4 is 22.6 Å². The van der Waals surface area contributed by atoms with Gasteiger partial charge in [0.2, 0.25) is 0 Å². The monoisotopic (exact) mass is 256 g/mol. The van der Waals surface area contributed by atoms with Crippen molar-refractivity contribution in [3.63, 3.8) is 0 Å². The highest BCUT2D eigenvalue weighted by Gasteiger charge is 2.19. The molecule has 3 heteroatoms. The highest BCUT2D eigenvalue weighted by atomic mass is 127. The molecule has 1 rings (SSSR count). The molecule has 0 amide bonds. The number of allylic oxidation sites excluding steroid dienone is 4. The number of hydrogen-bond acceptors (Lipinski definition) is 0. The zero-order valence-corrected chi connectivity index (χ0v) is 7.65. The Balaban J connectivity index is 2.94. The SMILES string of the molecule is CC1CC=C(F)C(I)=C1F.